The molecular formula is C12H22Cl2O4. The van der Waals surface area contributed by atoms with Crippen molar-refractivity contribution in [1.29, 1.82) is 0 Å². The predicted octanol–water partition coefficient (Wildman–Crippen LogP) is 2.07. The van der Waals surface area contributed by atoms with Crippen LogP contribution in [0.5, 0.6) is 0 Å². The highest BCUT2D eigenvalue weighted by atomic mass is 35.5. The molecule has 0 spiro atoms. The number of aliphatic hydroxyl groups is 2. The highest BCUT2D eigenvalue weighted by molar-refractivity contribution is 6.30. The van der Waals surface area contributed by atoms with E-state index in [1.54, 1.807) is 0 Å². The maximum atomic E-state index is 11.0. The Bertz CT molecular complexity index is 238. The Hall–Kier alpha value is -0.0300. The first-order valence-corrected chi connectivity index (χ1v) is 7.05. The molecule has 4 nitrogen and oxygen atoms in total. The van der Waals surface area contributed by atoms with Gasteiger partial charge in [-0.3, -0.25) is 0 Å². The average molecular weight is 301 g/mol. The largest absolute Gasteiger partial charge is 0.467 e. The van der Waals surface area contributed by atoms with Crippen LogP contribution in [0.1, 0.15) is 39.0 Å². The van der Waals surface area contributed by atoms with Gasteiger partial charge in [0.15, 0.2) is 6.10 Å². The van der Waals surface area contributed by atoms with E-state index in [-0.39, 0.29) is 0 Å². The van der Waals surface area contributed by atoms with E-state index in [0.29, 0.717) is 6.42 Å². The van der Waals surface area contributed by atoms with Gasteiger partial charge in [0.2, 0.25) is 0 Å². The number of methoxy groups -OCH3 is 1. The minimum absolute atomic E-state index is 0.488. The summed E-state index contributed by atoms with van der Waals surface area (Å²) in [6.45, 7) is 2.11. The first kappa shape index (κ1) is 18.0. The Morgan fingerprint density at radius 2 is 1.83 bits per heavy atom. The van der Waals surface area contributed by atoms with Gasteiger partial charge in [-0.15, -0.1) is 23.2 Å². The Labute approximate surface area is 118 Å². The molecule has 0 radical (unpaired) electrons. The van der Waals surface area contributed by atoms with E-state index in [1.165, 1.54) is 0 Å². The zero-order valence-corrected chi connectivity index (χ0v) is 12.3. The minimum atomic E-state index is -1.66. The van der Waals surface area contributed by atoms with E-state index in [0.717, 1.165) is 32.8 Å². The molecule has 0 bridgehead atoms. The van der Waals surface area contributed by atoms with Crippen molar-refractivity contribution in [3.63, 3.8) is 0 Å². The van der Waals surface area contributed by atoms with Gasteiger partial charge in [0.1, 0.15) is 6.10 Å². The summed E-state index contributed by atoms with van der Waals surface area (Å²) < 4.78 is 4.33. The number of carbonyl (C=O) groups excluding carboxylic acids is 1. The van der Waals surface area contributed by atoms with Gasteiger partial charge in [-0.25, -0.2) is 4.79 Å². The van der Waals surface area contributed by atoms with Crippen LogP contribution in [0.15, 0.2) is 0 Å². The lowest BCUT2D eigenvalue weighted by atomic mass is 10.0. The van der Waals surface area contributed by atoms with E-state index in [4.69, 9.17) is 23.2 Å². The van der Waals surface area contributed by atoms with Crippen LogP contribution >= 0.6 is 23.2 Å². The fraction of sp³-hybridized carbons (Fsp3) is 0.917. The number of aliphatic hydroxyl groups excluding tert-OH is 2. The number of carbonyl (C=O) groups is 1. The van der Waals surface area contributed by atoms with Gasteiger partial charge >= 0.3 is 5.97 Å². The standard InChI is InChI=1S/C12H22Cl2O4/c1-3-4-5-6-7-8(13)9(14)10(15)11(16)12(17)18-2/h8-11,15-16H,3-7H2,1-2H3/t8-,9-,10-,11+/m1/s1. The zero-order chi connectivity index (χ0) is 14.1. The lowest BCUT2D eigenvalue weighted by molar-refractivity contribution is -0.156. The number of halogens is 2. The predicted molar refractivity (Wildman–Crippen MR) is 72.1 cm³/mol. The van der Waals surface area contributed by atoms with Crippen LogP contribution in [-0.4, -0.2) is 46.3 Å². The van der Waals surface area contributed by atoms with Crippen molar-refractivity contribution in [3.8, 4) is 0 Å². The molecule has 0 aliphatic carbocycles. The van der Waals surface area contributed by atoms with E-state index in [9.17, 15) is 15.0 Å². The maximum absolute atomic E-state index is 11.0. The highest BCUT2D eigenvalue weighted by Crippen LogP contribution is 2.22. The Balaban J connectivity index is 4.10. The molecule has 4 atom stereocenters. The number of rotatable bonds is 9. The summed E-state index contributed by atoms with van der Waals surface area (Å²) in [6, 6.07) is 0. The van der Waals surface area contributed by atoms with Crippen molar-refractivity contribution in [2.45, 2.75) is 62.0 Å². The second kappa shape index (κ2) is 9.84. The van der Waals surface area contributed by atoms with Gasteiger partial charge in [0.25, 0.3) is 0 Å². The van der Waals surface area contributed by atoms with Crippen LogP contribution in [0, 0.1) is 0 Å². The van der Waals surface area contributed by atoms with Gasteiger partial charge < -0.3 is 14.9 Å². The molecular weight excluding hydrogens is 279 g/mol. The average Bonchev–Trinajstić information content (AvgIpc) is 2.39. The molecule has 6 heteroatoms. The van der Waals surface area contributed by atoms with Crippen LogP contribution in [0.2, 0.25) is 0 Å². The summed E-state index contributed by atoms with van der Waals surface area (Å²) in [6.07, 6.45) is 1.78. The van der Waals surface area contributed by atoms with Crippen molar-refractivity contribution >= 4 is 29.2 Å². The molecule has 2 N–H and O–H groups in total. The number of alkyl halides is 2. The van der Waals surface area contributed by atoms with Gasteiger partial charge in [-0.2, -0.15) is 0 Å². The van der Waals surface area contributed by atoms with Crippen molar-refractivity contribution in [3.05, 3.63) is 0 Å². The molecule has 0 aliphatic rings. The smallest absolute Gasteiger partial charge is 0.337 e. The molecule has 108 valence electrons. The number of hydrogen-bond acceptors (Lipinski definition) is 4. The molecule has 0 aromatic heterocycles. The Morgan fingerprint density at radius 1 is 1.22 bits per heavy atom. The summed E-state index contributed by atoms with van der Waals surface area (Å²) in [5, 5.41) is 17.8. The summed E-state index contributed by atoms with van der Waals surface area (Å²) in [7, 11) is 1.13. The molecule has 0 unspecified atom stereocenters. The molecule has 0 rings (SSSR count). The normalized spacial score (nSPS) is 17.9. The zero-order valence-electron chi connectivity index (χ0n) is 10.8. The number of unbranched alkanes of at least 4 members (excludes halogenated alkanes) is 3. The number of esters is 1. The van der Waals surface area contributed by atoms with Crippen LogP contribution < -0.4 is 0 Å². The fourth-order valence-corrected chi connectivity index (χ4v) is 2.14. The molecule has 0 aliphatic heterocycles. The molecule has 0 fully saturated rings. The second-order valence-electron chi connectivity index (χ2n) is 4.27. The van der Waals surface area contributed by atoms with Crippen molar-refractivity contribution < 1.29 is 19.7 Å². The van der Waals surface area contributed by atoms with Crippen molar-refractivity contribution in [1.82, 2.24) is 0 Å². The van der Waals surface area contributed by atoms with Crippen LogP contribution in [0.25, 0.3) is 0 Å². The first-order chi connectivity index (χ1) is 8.45. The van der Waals surface area contributed by atoms with Crippen LogP contribution in [0.3, 0.4) is 0 Å². The van der Waals surface area contributed by atoms with Crippen molar-refractivity contribution in [2.75, 3.05) is 7.11 Å². The minimum Gasteiger partial charge on any atom is -0.467 e. The summed E-state index contributed by atoms with van der Waals surface area (Å²) in [5.74, 6) is -0.914. The molecule has 0 saturated carbocycles. The van der Waals surface area contributed by atoms with Gasteiger partial charge in [-0.05, 0) is 6.42 Å². The third kappa shape index (κ3) is 6.23. The molecule has 0 heterocycles. The van der Waals surface area contributed by atoms with E-state index >= 15 is 0 Å². The van der Waals surface area contributed by atoms with Crippen molar-refractivity contribution in [2.24, 2.45) is 0 Å². The molecule has 0 amide bonds. The number of ether oxygens (including phenoxy) is 1. The molecule has 0 saturated heterocycles. The summed E-state index contributed by atoms with van der Waals surface area (Å²) in [5.41, 5.74) is 0. The van der Waals surface area contributed by atoms with Gasteiger partial charge in [-0.1, -0.05) is 32.6 Å². The van der Waals surface area contributed by atoms with E-state index in [1.807, 2.05) is 0 Å². The third-order valence-electron chi connectivity index (χ3n) is 2.77. The topological polar surface area (TPSA) is 66.8 Å². The quantitative estimate of drug-likeness (QED) is 0.389. The molecule has 0 aromatic rings. The first-order valence-electron chi connectivity index (χ1n) is 6.17. The number of hydrogen-bond donors (Lipinski definition) is 2. The van der Waals surface area contributed by atoms with E-state index < -0.39 is 28.9 Å². The van der Waals surface area contributed by atoms with Crippen LogP contribution in [0.4, 0.5) is 0 Å². The molecule has 0 aromatic carbocycles. The van der Waals surface area contributed by atoms with E-state index in [2.05, 4.69) is 11.7 Å². The monoisotopic (exact) mass is 300 g/mol. The lowest BCUT2D eigenvalue weighted by Gasteiger charge is -2.24. The van der Waals surface area contributed by atoms with Crippen LogP contribution in [-0.2, 0) is 9.53 Å². The van der Waals surface area contributed by atoms with Gasteiger partial charge in [0, 0.05) is 0 Å². The fourth-order valence-electron chi connectivity index (χ4n) is 1.57. The lowest BCUT2D eigenvalue weighted by Crippen LogP contribution is -2.44. The second-order valence-corrected chi connectivity index (χ2v) is 5.33. The Morgan fingerprint density at radius 3 is 2.33 bits per heavy atom. The SMILES string of the molecule is CCCCCC[C@@H](Cl)[C@@H](Cl)[C@@H](O)[C@H](O)C(=O)OC. The summed E-state index contributed by atoms with van der Waals surface area (Å²) in [4.78, 5) is 11.0. The van der Waals surface area contributed by atoms with Gasteiger partial charge in [0.05, 0.1) is 17.9 Å². The summed E-state index contributed by atoms with van der Waals surface area (Å²) >= 11 is 12.0. The highest BCUT2D eigenvalue weighted by Gasteiger charge is 2.34. The third-order valence-corrected chi connectivity index (χ3v) is 3.95. The maximum Gasteiger partial charge on any atom is 0.337 e. The molecule has 18 heavy (non-hydrogen) atoms. The Kier molecular flexibility index (Phi) is 9.83.